The van der Waals surface area contributed by atoms with Crippen LogP contribution in [0, 0.1) is 19.1 Å². The minimum atomic E-state index is 0. The SMILES string of the molecule is CC(C)[N+]1=C=[N+](c2[c-]cc3oc4ncccc4c3c2)c2ccccc21.Cc1ccc(-c2[c-]cccc2)nc1.[Ir]. The molecule has 39 heavy (non-hydrogen) atoms. The standard InChI is InChI=1S/C21H16N3O.C12H10N.Ir/c1-14(2)23-13-24(19-8-4-3-7-18(19)23)15-9-10-20-17(12-15)16-6-5-11-22-21(16)25-20;1-10-7-8-12(13-9-10)11-5-3-2-4-6-11;/h3-8,10-12,14H,1-2H3;2-5,7-9H,1H3;/q+1;-1;. The summed E-state index contributed by atoms with van der Waals surface area (Å²) >= 11 is 0. The molecule has 0 aliphatic carbocycles. The molecule has 1 aliphatic heterocycles. The van der Waals surface area contributed by atoms with E-state index in [4.69, 9.17) is 4.42 Å². The summed E-state index contributed by atoms with van der Waals surface area (Å²) in [5.41, 5.74) is 7.86. The molecule has 3 aromatic heterocycles. The molecule has 0 saturated heterocycles. The first-order valence-electron chi connectivity index (χ1n) is 12.6. The van der Waals surface area contributed by atoms with Gasteiger partial charge in [0.05, 0.1) is 0 Å². The van der Waals surface area contributed by atoms with Crippen LogP contribution in [0.25, 0.3) is 33.3 Å². The van der Waals surface area contributed by atoms with E-state index >= 15 is 0 Å². The van der Waals surface area contributed by atoms with Gasteiger partial charge in [-0.15, -0.1) is 48.0 Å². The van der Waals surface area contributed by atoms with Crippen LogP contribution in [0.1, 0.15) is 19.4 Å². The maximum absolute atomic E-state index is 5.81. The van der Waals surface area contributed by atoms with Crippen molar-refractivity contribution in [1.29, 1.82) is 0 Å². The summed E-state index contributed by atoms with van der Waals surface area (Å²) in [4.78, 5) is 8.62. The summed E-state index contributed by atoms with van der Waals surface area (Å²) in [7, 11) is 0. The third-order valence-corrected chi connectivity index (χ3v) is 6.41. The molecule has 193 valence electrons. The molecule has 0 bridgehead atoms. The molecule has 6 aromatic rings. The van der Waals surface area contributed by atoms with Crippen molar-refractivity contribution < 1.29 is 29.1 Å². The molecule has 0 unspecified atom stereocenters. The van der Waals surface area contributed by atoms with Crippen molar-refractivity contribution in [3.63, 3.8) is 0 Å². The zero-order valence-electron chi connectivity index (χ0n) is 21.8. The number of aromatic nitrogens is 2. The van der Waals surface area contributed by atoms with Crippen LogP contribution < -0.4 is 4.58 Å². The summed E-state index contributed by atoms with van der Waals surface area (Å²) in [6.45, 7) is 6.36. The van der Waals surface area contributed by atoms with Crippen molar-refractivity contribution in [3.8, 4) is 11.3 Å². The molecular formula is C33H26IrN4O. The third-order valence-electron chi connectivity index (χ3n) is 6.41. The van der Waals surface area contributed by atoms with Crippen LogP contribution in [-0.2, 0) is 20.1 Å². The van der Waals surface area contributed by atoms with E-state index in [1.807, 2.05) is 67.7 Å². The first-order valence-corrected chi connectivity index (χ1v) is 12.6. The maximum atomic E-state index is 5.81. The molecular weight excluding hydrogens is 661 g/mol. The smallest absolute Gasteiger partial charge is 0.494 e. The third kappa shape index (κ3) is 5.23. The van der Waals surface area contributed by atoms with E-state index in [9.17, 15) is 0 Å². The van der Waals surface area contributed by atoms with Crippen LogP contribution in [0.5, 0.6) is 0 Å². The normalized spacial score (nSPS) is 11.9. The largest absolute Gasteiger partial charge is 0.502 e. The van der Waals surface area contributed by atoms with E-state index in [1.54, 1.807) is 6.20 Å². The summed E-state index contributed by atoms with van der Waals surface area (Å²) in [5, 5.41) is 2.06. The van der Waals surface area contributed by atoms with Crippen LogP contribution in [0.2, 0.25) is 0 Å². The number of pyridine rings is 2. The Hall–Kier alpha value is -4.21. The molecule has 5 nitrogen and oxygen atoms in total. The van der Waals surface area contributed by atoms with Crippen molar-refractivity contribution in [2.45, 2.75) is 26.8 Å². The molecule has 7 rings (SSSR count). The Kier molecular flexibility index (Phi) is 7.62. The van der Waals surface area contributed by atoms with Crippen LogP contribution >= 0.6 is 0 Å². The fraction of sp³-hybridized carbons (Fsp3) is 0.121. The Bertz CT molecular complexity index is 1830. The minimum absolute atomic E-state index is 0. The number of hydrogen-bond donors (Lipinski definition) is 0. The molecule has 1 aliphatic rings. The first-order chi connectivity index (χ1) is 18.6. The van der Waals surface area contributed by atoms with E-state index < -0.39 is 0 Å². The van der Waals surface area contributed by atoms with E-state index in [2.05, 4.69) is 81.4 Å². The van der Waals surface area contributed by atoms with Crippen molar-refractivity contribution in [3.05, 3.63) is 115 Å². The number of para-hydroxylation sites is 2. The van der Waals surface area contributed by atoms with Gasteiger partial charge in [0.1, 0.15) is 5.69 Å². The molecule has 3 aromatic carbocycles. The van der Waals surface area contributed by atoms with E-state index in [1.165, 1.54) is 5.56 Å². The van der Waals surface area contributed by atoms with Gasteiger partial charge in [0.15, 0.2) is 6.04 Å². The fourth-order valence-electron chi connectivity index (χ4n) is 4.50. The van der Waals surface area contributed by atoms with Crippen molar-refractivity contribution in [1.82, 2.24) is 14.5 Å². The van der Waals surface area contributed by atoms with Crippen LogP contribution in [0.15, 0.2) is 102 Å². The topological polar surface area (TPSA) is 44.9 Å². The van der Waals surface area contributed by atoms with Crippen molar-refractivity contribution in [2.24, 2.45) is 0 Å². The number of aryl methyl sites for hydroxylation is 1. The first kappa shape index (κ1) is 26.4. The maximum Gasteiger partial charge on any atom is 0.494 e. The summed E-state index contributed by atoms with van der Waals surface area (Å²) in [6, 6.07) is 38.5. The number of fused-ring (bicyclic) bond motifs is 4. The Morgan fingerprint density at radius 3 is 2.44 bits per heavy atom. The van der Waals surface area contributed by atoms with Gasteiger partial charge in [-0.3, -0.25) is 0 Å². The number of hydrogen-bond acceptors (Lipinski definition) is 3. The quantitative estimate of drug-likeness (QED) is 0.142. The molecule has 0 amide bonds. The Balaban J connectivity index is 0.000000187. The van der Waals surface area contributed by atoms with Crippen molar-refractivity contribution >= 4 is 45.1 Å². The van der Waals surface area contributed by atoms with Gasteiger partial charge in [-0.25, -0.2) is 4.98 Å². The van der Waals surface area contributed by atoms with Crippen LogP contribution in [-0.4, -0.2) is 26.6 Å². The Labute approximate surface area is 241 Å². The second-order valence-electron chi connectivity index (χ2n) is 9.44. The molecule has 6 heteroatoms. The van der Waals surface area contributed by atoms with Gasteiger partial charge in [0, 0.05) is 55.6 Å². The van der Waals surface area contributed by atoms with Gasteiger partial charge < -0.3 is 9.40 Å². The zero-order chi connectivity index (χ0) is 26.1. The van der Waals surface area contributed by atoms with E-state index in [-0.39, 0.29) is 20.1 Å². The van der Waals surface area contributed by atoms with Gasteiger partial charge in [-0.1, -0.05) is 44.9 Å². The number of benzene rings is 3. The predicted octanol–water partition coefficient (Wildman–Crippen LogP) is 7.71. The number of furan rings is 1. The Morgan fingerprint density at radius 2 is 1.69 bits per heavy atom. The van der Waals surface area contributed by atoms with Gasteiger partial charge >= 0.3 is 6.01 Å². The molecule has 0 atom stereocenters. The summed E-state index contributed by atoms with van der Waals surface area (Å²) in [6.07, 6.45) is 3.62. The summed E-state index contributed by atoms with van der Waals surface area (Å²) in [5.74, 6) is 0. The molecule has 0 N–H and O–H groups in total. The average Bonchev–Trinajstić information content (AvgIpc) is 3.53. The molecule has 1 radical (unpaired) electrons. The number of rotatable bonds is 3. The predicted molar refractivity (Wildman–Crippen MR) is 152 cm³/mol. The summed E-state index contributed by atoms with van der Waals surface area (Å²) < 4.78 is 10.0. The zero-order valence-corrected chi connectivity index (χ0v) is 24.2. The fourth-order valence-corrected chi connectivity index (χ4v) is 4.50. The van der Waals surface area contributed by atoms with Crippen LogP contribution in [0.4, 0.5) is 17.1 Å². The Morgan fingerprint density at radius 1 is 0.872 bits per heavy atom. The molecule has 0 spiro atoms. The van der Waals surface area contributed by atoms with Gasteiger partial charge in [-0.2, -0.15) is 0 Å². The monoisotopic (exact) mass is 687 g/mol. The minimum Gasteiger partial charge on any atom is -0.502 e. The molecule has 0 fully saturated rings. The number of nitrogens with zero attached hydrogens (tertiary/aromatic N) is 4. The van der Waals surface area contributed by atoms with Gasteiger partial charge in [0.2, 0.25) is 5.71 Å². The average molecular weight is 687 g/mol. The van der Waals surface area contributed by atoms with Gasteiger partial charge in [0.25, 0.3) is 11.4 Å². The second kappa shape index (κ2) is 11.3. The molecule has 0 saturated carbocycles. The van der Waals surface area contributed by atoms with E-state index in [0.29, 0.717) is 11.8 Å². The van der Waals surface area contributed by atoms with Crippen molar-refractivity contribution in [2.75, 3.05) is 0 Å². The van der Waals surface area contributed by atoms with Crippen LogP contribution in [0.3, 0.4) is 0 Å². The molecule has 4 heterocycles. The van der Waals surface area contributed by atoms with E-state index in [0.717, 1.165) is 44.7 Å². The second-order valence-corrected chi connectivity index (χ2v) is 9.44. The van der Waals surface area contributed by atoms with Gasteiger partial charge in [-0.05, 0) is 44.2 Å².